The lowest BCUT2D eigenvalue weighted by Crippen LogP contribution is -2.22. The molecule has 0 fully saturated rings. The predicted molar refractivity (Wildman–Crippen MR) is 117 cm³/mol. The van der Waals surface area contributed by atoms with Gasteiger partial charge >= 0.3 is 5.97 Å². The Morgan fingerprint density at radius 2 is 1.78 bits per heavy atom. The number of amides is 1. The average Bonchev–Trinajstić information content (AvgIpc) is 2.70. The van der Waals surface area contributed by atoms with Gasteiger partial charge < -0.3 is 14.8 Å². The summed E-state index contributed by atoms with van der Waals surface area (Å²) in [5.74, 6) is -1.24. The lowest BCUT2D eigenvalue weighted by atomic mass is 9.87. The Morgan fingerprint density at radius 3 is 2.31 bits per heavy atom. The Kier molecular flexibility index (Phi) is 7.24. The maximum absolute atomic E-state index is 12.3. The van der Waals surface area contributed by atoms with E-state index < -0.39 is 43.8 Å². The maximum Gasteiger partial charge on any atom is 0.338 e. The molecule has 2 rings (SSSR count). The number of hydrogen-bond acceptors (Lipinski definition) is 8. The maximum atomic E-state index is 12.3. The quantitative estimate of drug-likeness (QED) is 0.374. The lowest BCUT2D eigenvalue weighted by molar-refractivity contribution is -0.387. The highest BCUT2D eigenvalue weighted by Crippen LogP contribution is 2.31. The molecule has 0 aliphatic rings. The molecule has 0 atom stereocenters. The fourth-order valence-electron chi connectivity index (χ4n) is 2.77. The van der Waals surface area contributed by atoms with E-state index >= 15 is 0 Å². The van der Waals surface area contributed by atoms with Crippen molar-refractivity contribution in [3.63, 3.8) is 0 Å². The number of nitrogens with one attached hydrogen (secondary N) is 1. The van der Waals surface area contributed by atoms with Gasteiger partial charge in [-0.3, -0.25) is 14.9 Å². The van der Waals surface area contributed by atoms with E-state index in [4.69, 9.17) is 9.47 Å². The topological polar surface area (TPSA) is 142 Å². The molecule has 1 N–H and O–H groups in total. The van der Waals surface area contributed by atoms with Gasteiger partial charge in [0.25, 0.3) is 11.6 Å². The Bertz CT molecular complexity index is 1170. The van der Waals surface area contributed by atoms with Gasteiger partial charge in [-0.15, -0.1) is 0 Å². The third-order valence-corrected chi connectivity index (χ3v) is 5.61. The minimum atomic E-state index is -3.87. The van der Waals surface area contributed by atoms with Gasteiger partial charge in [-0.05, 0) is 35.2 Å². The van der Waals surface area contributed by atoms with Crippen LogP contribution in [0.2, 0.25) is 0 Å². The molecule has 0 saturated heterocycles. The van der Waals surface area contributed by atoms with E-state index in [1.165, 1.54) is 7.11 Å². The highest BCUT2D eigenvalue weighted by molar-refractivity contribution is 7.90. The third kappa shape index (κ3) is 6.03. The van der Waals surface area contributed by atoms with E-state index in [1.54, 1.807) is 12.1 Å². The molecule has 0 bridgehead atoms. The monoisotopic (exact) mass is 464 g/mol. The molecule has 32 heavy (non-hydrogen) atoms. The summed E-state index contributed by atoms with van der Waals surface area (Å²) in [6.45, 7) is 5.37. The zero-order valence-electron chi connectivity index (χ0n) is 18.3. The molecule has 0 aromatic heterocycles. The van der Waals surface area contributed by atoms with Crippen LogP contribution in [0.15, 0.2) is 41.3 Å². The standard InChI is InChI=1S/C21H24N2O8S/c1-21(2,3)14-7-8-17(30-4)15(11-14)22-19(24)12-31-20(25)13-6-9-18(32(5,28)29)16(10-13)23(26)27/h6-11H,12H2,1-5H3,(H,22,24). The van der Waals surface area contributed by atoms with Gasteiger partial charge in [0.15, 0.2) is 16.4 Å². The van der Waals surface area contributed by atoms with Crippen molar-refractivity contribution in [3.05, 3.63) is 57.6 Å². The molecule has 0 spiro atoms. The Morgan fingerprint density at radius 1 is 1.12 bits per heavy atom. The van der Waals surface area contributed by atoms with Gasteiger partial charge in [-0.1, -0.05) is 26.8 Å². The van der Waals surface area contributed by atoms with Crippen LogP contribution in [-0.4, -0.2) is 45.2 Å². The van der Waals surface area contributed by atoms with Crippen LogP contribution >= 0.6 is 0 Å². The molecule has 0 aliphatic carbocycles. The summed E-state index contributed by atoms with van der Waals surface area (Å²) >= 11 is 0. The van der Waals surface area contributed by atoms with Crippen molar-refractivity contribution >= 4 is 33.1 Å². The van der Waals surface area contributed by atoms with Crippen molar-refractivity contribution in [2.45, 2.75) is 31.1 Å². The molecule has 0 radical (unpaired) electrons. The van der Waals surface area contributed by atoms with E-state index in [2.05, 4.69) is 5.32 Å². The number of ether oxygens (including phenoxy) is 2. The Hall–Kier alpha value is -3.47. The third-order valence-electron chi connectivity index (χ3n) is 4.46. The number of carbonyl (C=O) groups excluding carboxylic acids is 2. The van der Waals surface area contributed by atoms with Crippen LogP contribution in [0.3, 0.4) is 0 Å². The van der Waals surface area contributed by atoms with Gasteiger partial charge in [0.2, 0.25) is 0 Å². The number of nitro groups is 1. The molecular formula is C21H24N2O8S. The van der Waals surface area contributed by atoms with Gasteiger partial charge in [-0.25, -0.2) is 13.2 Å². The fourth-order valence-corrected chi connectivity index (χ4v) is 3.60. The van der Waals surface area contributed by atoms with Crippen molar-refractivity contribution in [1.82, 2.24) is 0 Å². The van der Waals surface area contributed by atoms with Crippen molar-refractivity contribution in [1.29, 1.82) is 0 Å². The highest BCUT2D eigenvalue weighted by Gasteiger charge is 2.25. The molecule has 0 unspecified atom stereocenters. The van der Waals surface area contributed by atoms with Gasteiger partial charge in [-0.2, -0.15) is 0 Å². The first kappa shape index (κ1) is 24.8. The number of benzene rings is 2. The SMILES string of the molecule is COc1ccc(C(C)(C)C)cc1NC(=O)COC(=O)c1ccc(S(C)(=O)=O)c([N+](=O)[O-])c1. The van der Waals surface area contributed by atoms with Crippen LogP contribution in [0.5, 0.6) is 5.75 Å². The average molecular weight is 464 g/mol. The minimum Gasteiger partial charge on any atom is -0.495 e. The van der Waals surface area contributed by atoms with E-state index in [0.717, 1.165) is 30.0 Å². The summed E-state index contributed by atoms with van der Waals surface area (Å²) in [7, 11) is -2.42. The Balaban J connectivity index is 2.15. The van der Waals surface area contributed by atoms with Crippen molar-refractivity contribution in [2.24, 2.45) is 0 Å². The van der Waals surface area contributed by atoms with E-state index in [-0.39, 0.29) is 11.0 Å². The number of nitro benzene ring substituents is 1. The van der Waals surface area contributed by atoms with Crippen LogP contribution in [-0.2, 0) is 24.8 Å². The molecule has 0 heterocycles. The number of methoxy groups -OCH3 is 1. The smallest absolute Gasteiger partial charge is 0.338 e. The van der Waals surface area contributed by atoms with Crippen LogP contribution < -0.4 is 10.1 Å². The highest BCUT2D eigenvalue weighted by atomic mass is 32.2. The number of hydrogen-bond donors (Lipinski definition) is 1. The zero-order chi connectivity index (χ0) is 24.3. The van der Waals surface area contributed by atoms with Crippen LogP contribution in [0.4, 0.5) is 11.4 Å². The molecule has 10 nitrogen and oxygen atoms in total. The van der Waals surface area contributed by atoms with Crippen molar-refractivity contribution in [3.8, 4) is 5.75 Å². The van der Waals surface area contributed by atoms with Crippen molar-refractivity contribution < 1.29 is 32.4 Å². The number of nitrogens with zero attached hydrogens (tertiary/aromatic N) is 1. The first-order chi connectivity index (χ1) is 14.7. The first-order valence-electron chi connectivity index (χ1n) is 9.38. The normalized spacial score (nSPS) is 11.5. The number of rotatable bonds is 7. The lowest BCUT2D eigenvalue weighted by Gasteiger charge is -2.21. The molecule has 1 amide bonds. The number of esters is 1. The first-order valence-corrected chi connectivity index (χ1v) is 11.3. The molecule has 0 aliphatic heterocycles. The second kappa shape index (κ2) is 9.35. The van der Waals surface area contributed by atoms with E-state index in [1.807, 2.05) is 26.8 Å². The molecule has 172 valence electrons. The summed E-state index contributed by atoms with van der Waals surface area (Å²) in [6.07, 6.45) is 0.820. The largest absolute Gasteiger partial charge is 0.495 e. The summed E-state index contributed by atoms with van der Waals surface area (Å²) < 4.78 is 33.5. The van der Waals surface area contributed by atoms with Gasteiger partial charge in [0, 0.05) is 12.3 Å². The molecule has 0 saturated carbocycles. The van der Waals surface area contributed by atoms with Gasteiger partial charge in [0.1, 0.15) is 10.6 Å². The van der Waals surface area contributed by atoms with Crippen LogP contribution in [0, 0.1) is 10.1 Å². The van der Waals surface area contributed by atoms with E-state index in [0.29, 0.717) is 11.4 Å². The fraction of sp³-hybridized carbons (Fsp3) is 0.333. The molecule has 2 aromatic rings. The second-order valence-electron chi connectivity index (χ2n) is 8.00. The van der Waals surface area contributed by atoms with Crippen LogP contribution in [0.1, 0.15) is 36.7 Å². The summed E-state index contributed by atoms with van der Waals surface area (Å²) in [5, 5.41) is 13.8. The predicted octanol–water partition coefficient (Wildman–Crippen LogP) is 3.10. The van der Waals surface area contributed by atoms with E-state index in [9.17, 15) is 28.1 Å². The second-order valence-corrected chi connectivity index (χ2v) is 9.99. The summed E-state index contributed by atoms with van der Waals surface area (Å²) in [6, 6.07) is 8.18. The zero-order valence-corrected chi connectivity index (χ0v) is 19.1. The minimum absolute atomic E-state index is 0.176. The number of anilines is 1. The summed E-state index contributed by atoms with van der Waals surface area (Å²) in [4.78, 5) is 34.3. The van der Waals surface area contributed by atoms with Gasteiger partial charge in [0.05, 0.1) is 23.3 Å². The Labute approximate surface area is 185 Å². The molecular weight excluding hydrogens is 440 g/mol. The number of carbonyl (C=O) groups is 2. The summed E-state index contributed by atoms with van der Waals surface area (Å²) in [5.41, 5.74) is 0.155. The number of sulfone groups is 1. The van der Waals surface area contributed by atoms with Crippen molar-refractivity contribution in [2.75, 3.05) is 25.3 Å². The molecule has 2 aromatic carbocycles. The van der Waals surface area contributed by atoms with Crippen LogP contribution in [0.25, 0.3) is 0 Å². The molecule has 11 heteroatoms.